The number of rotatable bonds is 6. The zero-order chi connectivity index (χ0) is 18.6. The lowest BCUT2D eigenvalue weighted by Crippen LogP contribution is -2.39. The van der Waals surface area contributed by atoms with Gasteiger partial charge in [-0.3, -0.25) is 20.1 Å². The number of anilines is 1. The van der Waals surface area contributed by atoms with Crippen LogP contribution in [0.15, 0.2) is 42.5 Å². The highest BCUT2D eigenvalue weighted by Crippen LogP contribution is 2.34. The van der Waals surface area contributed by atoms with Crippen molar-refractivity contribution in [2.75, 3.05) is 44.7 Å². The van der Waals surface area contributed by atoms with E-state index >= 15 is 0 Å². The van der Waals surface area contributed by atoms with Gasteiger partial charge >= 0.3 is 0 Å². The molecule has 148 valence electrons. The highest BCUT2D eigenvalue weighted by Gasteiger charge is 2.19. The fourth-order valence-corrected chi connectivity index (χ4v) is 3.34. The maximum Gasteiger partial charge on any atom is 0.294 e. The fourth-order valence-electron chi connectivity index (χ4n) is 3.34. The Morgan fingerprint density at radius 1 is 1.21 bits per heavy atom. The van der Waals surface area contributed by atoms with Crippen molar-refractivity contribution < 1.29 is 9.66 Å². The van der Waals surface area contributed by atoms with Crippen molar-refractivity contribution in [3.05, 3.63) is 52.6 Å². The van der Waals surface area contributed by atoms with Gasteiger partial charge in [-0.1, -0.05) is 30.3 Å². The highest BCUT2D eigenvalue weighted by molar-refractivity contribution is 5.97. The molecule has 0 amide bonds. The van der Waals surface area contributed by atoms with Gasteiger partial charge in [0.15, 0.2) is 0 Å². The van der Waals surface area contributed by atoms with Crippen LogP contribution in [-0.2, 0) is 4.74 Å². The van der Waals surface area contributed by atoms with Crippen molar-refractivity contribution >= 4 is 34.7 Å². The van der Waals surface area contributed by atoms with Gasteiger partial charge in [0.25, 0.3) is 5.69 Å². The molecule has 2 heterocycles. The molecule has 1 aliphatic rings. The summed E-state index contributed by atoms with van der Waals surface area (Å²) < 4.78 is 5.35. The zero-order valence-corrected chi connectivity index (χ0v) is 16.1. The number of nitro groups is 1. The Labute approximate surface area is 168 Å². The van der Waals surface area contributed by atoms with Gasteiger partial charge in [-0.2, -0.15) is 5.10 Å². The Kier molecular flexibility index (Phi) is 6.45. The van der Waals surface area contributed by atoms with Crippen LogP contribution in [0.25, 0.3) is 22.2 Å². The number of H-pyrrole nitrogens is 1. The molecule has 3 aromatic rings. The maximum atomic E-state index is 11.5. The molecule has 0 radical (unpaired) electrons. The summed E-state index contributed by atoms with van der Waals surface area (Å²) in [5.74, 6) is 0. The smallest absolute Gasteiger partial charge is 0.294 e. The number of benzene rings is 2. The van der Waals surface area contributed by atoms with Crippen LogP contribution in [0.4, 0.5) is 11.4 Å². The number of aromatic nitrogens is 2. The first-order valence-electron chi connectivity index (χ1n) is 8.98. The number of aromatic amines is 1. The molecule has 1 saturated heterocycles. The predicted molar refractivity (Wildman–Crippen MR) is 111 cm³/mol. The number of nitrogens with one attached hydrogen (secondary N) is 2. The standard InChI is InChI=1S/C19H21N5O3.ClH/c25-24(26)18-13-16-15(19(22-21-16)14-4-2-1-3-5-14)12-17(18)20-6-7-23-8-10-27-11-9-23;/h1-5,12-13,20H,6-11H2,(H,21,22);1H. The molecule has 0 saturated carbocycles. The molecule has 0 unspecified atom stereocenters. The molecule has 0 atom stereocenters. The van der Waals surface area contributed by atoms with Crippen LogP contribution in [0.2, 0.25) is 0 Å². The lowest BCUT2D eigenvalue weighted by atomic mass is 10.1. The summed E-state index contributed by atoms with van der Waals surface area (Å²) in [6.45, 7) is 4.70. The van der Waals surface area contributed by atoms with Gasteiger partial charge in [0.2, 0.25) is 0 Å². The number of ether oxygens (including phenoxy) is 1. The molecule has 9 heteroatoms. The molecule has 0 bridgehead atoms. The van der Waals surface area contributed by atoms with E-state index in [0.29, 0.717) is 17.7 Å². The third-order valence-corrected chi connectivity index (χ3v) is 4.77. The topological polar surface area (TPSA) is 96.3 Å². The number of morpholine rings is 1. The average Bonchev–Trinajstić information content (AvgIpc) is 3.11. The minimum absolute atomic E-state index is 0. The summed E-state index contributed by atoms with van der Waals surface area (Å²) in [4.78, 5) is 13.4. The summed E-state index contributed by atoms with van der Waals surface area (Å²) in [7, 11) is 0. The lowest BCUT2D eigenvalue weighted by molar-refractivity contribution is -0.383. The molecular formula is C19H22ClN5O3. The van der Waals surface area contributed by atoms with Crippen LogP contribution in [-0.4, -0.2) is 59.4 Å². The maximum absolute atomic E-state index is 11.5. The van der Waals surface area contributed by atoms with Gasteiger partial charge in [0.1, 0.15) is 5.69 Å². The predicted octanol–water partition coefficient (Wildman–Crippen LogP) is 3.30. The van der Waals surface area contributed by atoms with E-state index in [-0.39, 0.29) is 23.0 Å². The quantitative estimate of drug-likeness (QED) is 0.484. The molecule has 8 nitrogen and oxygen atoms in total. The van der Waals surface area contributed by atoms with Crippen LogP contribution in [0.5, 0.6) is 0 Å². The second-order valence-electron chi connectivity index (χ2n) is 6.49. The summed E-state index contributed by atoms with van der Waals surface area (Å²) in [5, 5.41) is 22.9. The summed E-state index contributed by atoms with van der Waals surface area (Å²) in [6.07, 6.45) is 0. The second-order valence-corrected chi connectivity index (χ2v) is 6.49. The minimum Gasteiger partial charge on any atom is -0.379 e. The Hall–Kier alpha value is -2.68. The van der Waals surface area contributed by atoms with E-state index in [4.69, 9.17) is 4.74 Å². The van der Waals surface area contributed by atoms with Gasteiger partial charge in [-0.15, -0.1) is 12.4 Å². The van der Waals surface area contributed by atoms with Crippen molar-refractivity contribution in [1.82, 2.24) is 15.1 Å². The van der Waals surface area contributed by atoms with Crippen LogP contribution in [0.1, 0.15) is 0 Å². The first kappa shape index (κ1) is 20.1. The van der Waals surface area contributed by atoms with Crippen molar-refractivity contribution in [2.24, 2.45) is 0 Å². The lowest BCUT2D eigenvalue weighted by Gasteiger charge is -2.26. The van der Waals surface area contributed by atoms with Crippen LogP contribution in [0, 0.1) is 10.1 Å². The fraction of sp³-hybridized carbons (Fsp3) is 0.316. The Morgan fingerprint density at radius 3 is 2.68 bits per heavy atom. The van der Waals surface area contributed by atoms with Crippen LogP contribution >= 0.6 is 12.4 Å². The van der Waals surface area contributed by atoms with Crippen molar-refractivity contribution in [3.8, 4) is 11.3 Å². The number of nitro benzene ring substituents is 1. The van der Waals surface area contributed by atoms with E-state index in [9.17, 15) is 10.1 Å². The summed E-state index contributed by atoms with van der Waals surface area (Å²) in [5.41, 5.74) is 2.97. The molecule has 2 N–H and O–H groups in total. The number of halogens is 1. The third-order valence-electron chi connectivity index (χ3n) is 4.77. The van der Waals surface area contributed by atoms with Crippen molar-refractivity contribution in [2.45, 2.75) is 0 Å². The van der Waals surface area contributed by atoms with Gasteiger partial charge in [0, 0.05) is 43.2 Å². The SMILES string of the molecule is Cl.O=[N+]([O-])c1cc2[nH]nc(-c3ccccc3)c2cc1NCCN1CCOCC1. The number of fused-ring (bicyclic) bond motifs is 1. The van der Waals surface area contributed by atoms with Crippen molar-refractivity contribution in [1.29, 1.82) is 0 Å². The van der Waals surface area contributed by atoms with Gasteiger partial charge in [-0.05, 0) is 6.07 Å². The normalized spacial score (nSPS) is 14.6. The van der Waals surface area contributed by atoms with E-state index in [2.05, 4.69) is 20.4 Å². The summed E-state index contributed by atoms with van der Waals surface area (Å²) >= 11 is 0. The molecule has 1 aromatic heterocycles. The largest absolute Gasteiger partial charge is 0.379 e. The molecule has 0 spiro atoms. The Morgan fingerprint density at radius 2 is 1.96 bits per heavy atom. The first-order chi connectivity index (χ1) is 13.2. The number of hydrogen-bond donors (Lipinski definition) is 2. The third kappa shape index (κ3) is 4.24. The van der Waals surface area contributed by atoms with E-state index in [0.717, 1.165) is 49.5 Å². The van der Waals surface area contributed by atoms with E-state index < -0.39 is 0 Å². The molecule has 0 aliphatic carbocycles. The Balaban J connectivity index is 0.00000225. The highest BCUT2D eigenvalue weighted by atomic mass is 35.5. The Bertz CT molecular complexity index is 941. The van der Waals surface area contributed by atoms with Gasteiger partial charge in [-0.25, -0.2) is 0 Å². The molecular weight excluding hydrogens is 382 g/mol. The number of hydrogen-bond acceptors (Lipinski definition) is 6. The molecule has 28 heavy (non-hydrogen) atoms. The first-order valence-corrected chi connectivity index (χ1v) is 8.98. The molecule has 4 rings (SSSR count). The average molecular weight is 404 g/mol. The zero-order valence-electron chi connectivity index (χ0n) is 15.3. The van der Waals surface area contributed by atoms with E-state index in [1.54, 1.807) is 6.07 Å². The number of nitrogens with zero attached hydrogens (tertiary/aromatic N) is 3. The molecule has 2 aromatic carbocycles. The molecule has 1 fully saturated rings. The minimum atomic E-state index is -0.362. The molecule has 1 aliphatic heterocycles. The second kappa shape index (κ2) is 9.01. The van der Waals surface area contributed by atoms with Gasteiger partial charge < -0.3 is 10.1 Å². The summed E-state index contributed by atoms with van der Waals surface area (Å²) in [6, 6.07) is 13.2. The van der Waals surface area contributed by atoms with E-state index in [1.165, 1.54) is 0 Å². The van der Waals surface area contributed by atoms with Crippen LogP contribution in [0.3, 0.4) is 0 Å². The van der Waals surface area contributed by atoms with Crippen LogP contribution < -0.4 is 5.32 Å². The van der Waals surface area contributed by atoms with Gasteiger partial charge in [0.05, 0.1) is 29.3 Å². The van der Waals surface area contributed by atoms with Crippen molar-refractivity contribution in [3.63, 3.8) is 0 Å². The monoisotopic (exact) mass is 403 g/mol. The van der Waals surface area contributed by atoms with E-state index in [1.807, 2.05) is 36.4 Å².